The van der Waals surface area contributed by atoms with E-state index in [4.69, 9.17) is 0 Å². The number of nitrogens with one attached hydrogen (secondary N) is 1. The number of aromatic nitrogens is 2. The minimum absolute atomic E-state index is 0.0439. The van der Waals surface area contributed by atoms with E-state index in [1.807, 2.05) is 42.7 Å². The van der Waals surface area contributed by atoms with Crippen LogP contribution in [0.15, 0.2) is 30.6 Å². The van der Waals surface area contributed by atoms with Gasteiger partial charge in [-0.2, -0.15) is 0 Å². The van der Waals surface area contributed by atoms with E-state index in [1.54, 1.807) is 6.33 Å². The van der Waals surface area contributed by atoms with Crippen LogP contribution in [0, 0.1) is 25.2 Å². The summed E-state index contributed by atoms with van der Waals surface area (Å²) in [6.07, 6.45) is 3.25. The highest BCUT2D eigenvalue weighted by atomic mass is 19.3. The lowest BCUT2D eigenvalue weighted by atomic mass is 9.82. The van der Waals surface area contributed by atoms with Crippen molar-refractivity contribution >= 4 is 11.6 Å². The van der Waals surface area contributed by atoms with Crippen LogP contribution in [0.5, 0.6) is 0 Å². The van der Waals surface area contributed by atoms with E-state index in [0.717, 1.165) is 29.2 Å². The summed E-state index contributed by atoms with van der Waals surface area (Å²) in [4.78, 5) is 16.8. The topological polar surface area (TPSA) is 46.9 Å². The Balaban J connectivity index is 1.39. The fraction of sp³-hybridized carbons (Fsp3) is 0.500. The van der Waals surface area contributed by atoms with E-state index in [9.17, 15) is 13.6 Å². The fourth-order valence-corrected chi connectivity index (χ4v) is 4.08. The van der Waals surface area contributed by atoms with Gasteiger partial charge in [-0.3, -0.25) is 4.79 Å². The molecule has 2 fully saturated rings. The van der Waals surface area contributed by atoms with Gasteiger partial charge in [0.2, 0.25) is 11.8 Å². The molecule has 4 rings (SSSR count). The molecule has 1 aromatic heterocycles. The molecule has 1 unspecified atom stereocenters. The number of halogens is 2. The van der Waals surface area contributed by atoms with Crippen LogP contribution in [0.4, 0.5) is 14.5 Å². The Labute approximate surface area is 151 Å². The summed E-state index contributed by atoms with van der Waals surface area (Å²) in [7, 11) is 0. The molecule has 2 aromatic rings. The summed E-state index contributed by atoms with van der Waals surface area (Å²) >= 11 is 0. The number of benzene rings is 1. The molecule has 1 aromatic carbocycles. The van der Waals surface area contributed by atoms with Crippen molar-refractivity contribution in [3.63, 3.8) is 0 Å². The molecular weight excluding hydrogens is 336 g/mol. The van der Waals surface area contributed by atoms with Gasteiger partial charge in [-0.1, -0.05) is 0 Å². The number of alkyl halides is 2. The standard InChI is InChI=1S/C20H23F2N3O/c1-13-14(2)25(12-23-13)16-5-3-15(4-6-16)24-18(26)17-11-19(17)7-9-20(21,22)10-8-19/h3-6,12,17H,7-11H2,1-2H3,(H,24,26). The molecule has 1 amide bonds. The van der Waals surface area contributed by atoms with E-state index in [-0.39, 0.29) is 30.1 Å². The van der Waals surface area contributed by atoms with Crippen LogP contribution >= 0.6 is 0 Å². The van der Waals surface area contributed by atoms with Crippen molar-refractivity contribution in [3.8, 4) is 5.69 Å². The maximum atomic E-state index is 13.4. The number of rotatable bonds is 3. The summed E-state index contributed by atoms with van der Waals surface area (Å²) in [6.45, 7) is 3.98. The number of carbonyl (C=O) groups is 1. The van der Waals surface area contributed by atoms with E-state index in [2.05, 4.69) is 10.3 Å². The third kappa shape index (κ3) is 3.02. The summed E-state index contributed by atoms with van der Waals surface area (Å²) in [6, 6.07) is 7.61. The van der Waals surface area contributed by atoms with Crippen molar-refractivity contribution < 1.29 is 13.6 Å². The van der Waals surface area contributed by atoms with Crippen molar-refractivity contribution in [2.45, 2.75) is 51.9 Å². The zero-order chi connectivity index (χ0) is 18.5. The van der Waals surface area contributed by atoms with E-state index >= 15 is 0 Å². The number of anilines is 1. The highest BCUT2D eigenvalue weighted by molar-refractivity contribution is 5.95. The van der Waals surface area contributed by atoms with Gasteiger partial charge in [0.05, 0.1) is 12.0 Å². The van der Waals surface area contributed by atoms with Crippen LogP contribution in [0.1, 0.15) is 43.5 Å². The molecule has 1 atom stereocenters. The molecule has 0 saturated heterocycles. The largest absolute Gasteiger partial charge is 0.326 e. The summed E-state index contributed by atoms with van der Waals surface area (Å²) < 4.78 is 28.7. The Morgan fingerprint density at radius 1 is 1.15 bits per heavy atom. The van der Waals surface area contributed by atoms with Crippen LogP contribution in [-0.2, 0) is 4.79 Å². The average molecular weight is 359 g/mol. The van der Waals surface area contributed by atoms with Gasteiger partial charge >= 0.3 is 0 Å². The molecule has 2 saturated carbocycles. The predicted molar refractivity (Wildman–Crippen MR) is 95.6 cm³/mol. The molecule has 1 spiro atoms. The molecule has 2 aliphatic carbocycles. The quantitative estimate of drug-likeness (QED) is 0.868. The van der Waals surface area contributed by atoms with Crippen molar-refractivity contribution in [3.05, 3.63) is 42.0 Å². The van der Waals surface area contributed by atoms with Crippen LogP contribution in [0.3, 0.4) is 0 Å². The molecular formula is C20H23F2N3O. The van der Waals surface area contributed by atoms with Gasteiger partial charge in [0, 0.05) is 35.8 Å². The van der Waals surface area contributed by atoms with Gasteiger partial charge in [-0.05, 0) is 62.8 Å². The van der Waals surface area contributed by atoms with Gasteiger partial charge < -0.3 is 9.88 Å². The lowest BCUT2D eigenvalue weighted by molar-refractivity contribution is -0.119. The Morgan fingerprint density at radius 3 is 2.38 bits per heavy atom. The van der Waals surface area contributed by atoms with E-state index < -0.39 is 5.92 Å². The predicted octanol–water partition coefficient (Wildman–Crippen LogP) is 4.64. The van der Waals surface area contributed by atoms with Crippen molar-refractivity contribution in [1.82, 2.24) is 9.55 Å². The molecule has 0 radical (unpaired) electrons. The Kier molecular flexibility index (Phi) is 3.90. The van der Waals surface area contributed by atoms with Gasteiger partial charge in [0.1, 0.15) is 0 Å². The van der Waals surface area contributed by atoms with E-state index in [1.165, 1.54) is 0 Å². The Bertz CT molecular complexity index is 831. The number of carbonyl (C=O) groups excluding carboxylic acids is 1. The second-order valence-corrected chi connectivity index (χ2v) is 7.80. The smallest absolute Gasteiger partial charge is 0.248 e. The molecule has 4 nitrogen and oxygen atoms in total. The maximum absolute atomic E-state index is 13.4. The molecule has 0 aliphatic heterocycles. The average Bonchev–Trinajstić information content (AvgIpc) is 3.24. The summed E-state index contributed by atoms with van der Waals surface area (Å²) in [5, 5.41) is 2.94. The first-order chi connectivity index (χ1) is 12.3. The van der Waals surface area contributed by atoms with Crippen LogP contribution in [0.25, 0.3) is 5.69 Å². The van der Waals surface area contributed by atoms with Crippen LogP contribution in [-0.4, -0.2) is 21.4 Å². The third-order valence-corrected chi connectivity index (χ3v) is 6.15. The third-order valence-electron chi connectivity index (χ3n) is 6.15. The zero-order valence-corrected chi connectivity index (χ0v) is 15.1. The molecule has 0 bridgehead atoms. The maximum Gasteiger partial charge on any atom is 0.248 e. The second kappa shape index (κ2) is 5.89. The SMILES string of the molecule is Cc1ncn(-c2ccc(NC(=O)C3CC34CCC(F)(F)CC4)cc2)c1C. The lowest BCUT2D eigenvalue weighted by Crippen LogP contribution is -2.28. The van der Waals surface area contributed by atoms with Gasteiger partial charge in [-0.15, -0.1) is 0 Å². The van der Waals surface area contributed by atoms with Gasteiger partial charge in [0.25, 0.3) is 0 Å². The lowest BCUT2D eigenvalue weighted by Gasteiger charge is -2.29. The molecule has 1 N–H and O–H groups in total. The first-order valence-electron chi connectivity index (χ1n) is 9.09. The minimum Gasteiger partial charge on any atom is -0.326 e. The van der Waals surface area contributed by atoms with Gasteiger partial charge in [-0.25, -0.2) is 13.8 Å². The Morgan fingerprint density at radius 2 is 1.81 bits per heavy atom. The van der Waals surface area contributed by atoms with Crippen molar-refractivity contribution in [2.75, 3.05) is 5.32 Å². The number of hydrogen-bond acceptors (Lipinski definition) is 2. The number of imidazole rings is 1. The van der Waals surface area contributed by atoms with Crippen molar-refractivity contribution in [1.29, 1.82) is 0 Å². The molecule has 1 heterocycles. The molecule has 138 valence electrons. The Hall–Kier alpha value is -2.24. The van der Waals surface area contributed by atoms with Crippen molar-refractivity contribution in [2.24, 2.45) is 11.3 Å². The fourth-order valence-electron chi connectivity index (χ4n) is 4.08. The number of amides is 1. The highest BCUT2D eigenvalue weighted by Crippen LogP contribution is 2.63. The summed E-state index contributed by atoms with van der Waals surface area (Å²) in [5.41, 5.74) is 3.60. The number of nitrogens with zero attached hydrogens (tertiary/aromatic N) is 2. The van der Waals surface area contributed by atoms with Gasteiger partial charge in [0.15, 0.2) is 0 Å². The normalized spacial score (nSPS) is 23.0. The number of hydrogen-bond donors (Lipinski definition) is 1. The number of aryl methyl sites for hydroxylation is 1. The van der Waals surface area contributed by atoms with E-state index in [0.29, 0.717) is 12.8 Å². The monoisotopic (exact) mass is 359 g/mol. The van der Waals surface area contributed by atoms with Crippen LogP contribution in [0.2, 0.25) is 0 Å². The first kappa shape index (κ1) is 17.2. The minimum atomic E-state index is -2.55. The highest BCUT2D eigenvalue weighted by Gasteiger charge is 2.60. The molecule has 2 aliphatic rings. The van der Waals surface area contributed by atoms with Crippen LogP contribution < -0.4 is 5.32 Å². The second-order valence-electron chi connectivity index (χ2n) is 7.80. The molecule has 26 heavy (non-hydrogen) atoms. The summed E-state index contributed by atoms with van der Waals surface area (Å²) in [5.74, 6) is -2.72. The first-order valence-corrected chi connectivity index (χ1v) is 9.09. The molecule has 6 heteroatoms. The zero-order valence-electron chi connectivity index (χ0n) is 15.1.